The Kier molecular flexibility index (Phi) is 6.64. The highest BCUT2D eigenvalue weighted by molar-refractivity contribution is 5.99. The van der Waals surface area contributed by atoms with Crippen LogP contribution in [0.15, 0.2) is 72.8 Å². The Hall–Kier alpha value is -3.87. The van der Waals surface area contributed by atoms with Crippen molar-refractivity contribution in [3.8, 4) is 11.5 Å². The summed E-state index contributed by atoms with van der Waals surface area (Å²) in [6.07, 6.45) is -1.23. The SMILES string of the molecule is COc1ccc(C(=O)O[C@@H](C(=O)Nc2ccc(F)cc2)c2ccccc2)c(OC)c1. The van der Waals surface area contributed by atoms with E-state index in [0.717, 1.165) is 0 Å². The standard InChI is InChI=1S/C23H20FNO5/c1-28-18-12-13-19(20(14-18)29-2)23(27)30-21(15-6-4-3-5-7-15)22(26)25-17-10-8-16(24)9-11-17/h3-14,21H,1-2H3,(H,25,26)/t21-/m1/s1. The van der Waals surface area contributed by atoms with Crippen LogP contribution in [0.25, 0.3) is 0 Å². The van der Waals surface area contributed by atoms with Crippen LogP contribution in [0.1, 0.15) is 22.0 Å². The van der Waals surface area contributed by atoms with Crippen molar-refractivity contribution in [1.29, 1.82) is 0 Å². The first kappa shape index (κ1) is 20.9. The molecule has 7 heteroatoms. The molecular weight excluding hydrogens is 389 g/mol. The van der Waals surface area contributed by atoms with Crippen molar-refractivity contribution in [3.63, 3.8) is 0 Å². The van der Waals surface area contributed by atoms with Crippen LogP contribution in [0.5, 0.6) is 11.5 Å². The Bertz CT molecular complexity index is 1020. The molecule has 1 amide bonds. The molecule has 1 N–H and O–H groups in total. The topological polar surface area (TPSA) is 73.9 Å². The smallest absolute Gasteiger partial charge is 0.343 e. The molecule has 3 aromatic rings. The highest BCUT2D eigenvalue weighted by Crippen LogP contribution is 2.28. The molecule has 0 radical (unpaired) electrons. The number of carbonyl (C=O) groups is 2. The highest BCUT2D eigenvalue weighted by atomic mass is 19.1. The number of hydrogen-bond donors (Lipinski definition) is 1. The van der Waals surface area contributed by atoms with Crippen molar-refractivity contribution in [3.05, 3.63) is 89.7 Å². The number of ether oxygens (including phenoxy) is 3. The molecule has 6 nitrogen and oxygen atoms in total. The van der Waals surface area contributed by atoms with Crippen LogP contribution >= 0.6 is 0 Å². The van der Waals surface area contributed by atoms with Gasteiger partial charge in [-0.25, -0.2) is 9.18 Å². The number of benzene rings is 3. The van der Waals surface area contributed by atoms with Crippen molar-refractivity contribution in [2.45, 2.75) is 6.10 Å². The summed E-state index contributed by atoms with van der Waals surface area (Å²) in [5.41, 5.74) is 1.01. The zero-order chi connectivity index (χ0) is 21.5. The predicted molar refractivity (Wildman–Crippen MR) is 109 cm³/mol. The molecule has 0 unspecified atom stereocenters. The molecule has 30 heavy (non-hydrogen) atoms. The van der Waals surface area contributed by atoms with Gasteiger partial charge in [0.25, 0.3) is 5.91 Å². The van der Waals surface area contributed by atoms with Crippen LogP contribution in [0.4, 0.5) is 10.1 Å². The lowest BCUT2D eigenvalue weighted by atomic mass is 10.1. The largest absolute Gasteiger partial charge is 0.497 e. The van der Waals surface area contributed by atoms with Crippen LogP contribution in [0.2, 0.25) is 0 Å². The van der Waals surface area contributed by atoms with Crippen molar-refractivity contribution < 1.29 is 28.2 Å². The fraction of sp³-hybridized carbons (Fsp3) is 0.130. The Morgan fingerprint density at radius 1 is 0.900 bits per heavy atom. The van der Waals surface area contributed by atoms with Crippen LogP contribution in [0.3, 0.4) is 0 Å². The normalized spacial score (nSPS) is 11.3. The third kappa shape index (κ3) is 4.94. The number of carbonyl (C=O) groups excluding carboxylic acids is 2. The summed E-state index contributed by atoms with van der Waals surface area (Å²) in [5, 5.41) is 2.64. The fourth-order valence-corrected chi connectivity index (χ4v) is 2.78. The van der Waals surface area contributed by atoms with Gasteiger partial charge in [-0.3, -0.25) is 4.79 Å². The second-order valence-corrected chi connectivity index (χ2v) is 6.26. The summed E-state index contributed by atoms with van der Waals surface area (Å²) in [6.45, 7) is 0. The van der Waals surface area contributed by atoms with E-state index < -0.39 is 23.8 Å². The van der Waals surface area contributed by atoms with Crippen molar-refractivity contribution in [2.24, 2.45) is 0 Å². The molecule has 3 aromatic carbocycles. The minimum absolute atomic E-state index is 0.147. The molecule has 0 heterocycles. The second kappa shape index (κ2) is 9.56. The molecule has 0 aliphatic rings. The van der Waals surface area contributed by atoms with Gasteiger partial charge in [0.15, 0.2) is 0 Å². The van der Waals surface area contributed by atoms with E-state index >= 15 is 0 Å². The van der Waals surface area contributed by atoms with Crippen LogP contribution in [-0.4, -0.2) is 26.1 Å². The average molecular weight is 409 g/mol. The lowest BCUT2D eigenvalue weighted by Crippen LogP contribution is -2.26. The van der Waals surface area contributed by atoms with Gasteiger partial charge in [-0.15, -0.1) is 0 Å². The first-order chi connectivity index (χ1) is 14.5. The molecule has 0 saturated carbocycles. The van der Waals surface area contributed by atoms with E-state index in [2.05, 4.69) is 5.32 Å². The average Bonchev–Trinajstić information content (AvgIpc) is 2.78. The maximum absolute atomic E-state index is 13.1. The third-order valence-corrected chi connectivity index (χ3v) is 4.31. The molecule has 1 atom stereocenters. The highest BCUT2D eigenvalue weighted by Gasteiger charge is 2.27. The van der Waals surface area contributed by atoms with Crippen LogP contribution in [0, 0.1) is 5.82 Å². The lowest BCUT2D eigenvalue weighted by Gasteiger charge is -2.19. The summed E-state index contributed by atoms with van der Waals surface area (Å²) in [5.74, 6) is -0.973. The number of hydrogen-bond acceptors (Lipinski definition) is 5. The van der Waals surface area contributed by atoms with Crippen LogP contribution in [-0.2, 0) is 9.53 Å². The maximum Gasteiger partial charge on any atom is 0.343 e. The van der Waals surface area contributed by atoms with Crippen molar-refractivity contribution in [1.82, 2.24) is 0 Å². The Morgan fingerprint density at radius 3 is 2.23 bits per heavy atom. The number of rotatable bonds is 7. The van der Waals surface area contributed by atoms with E-state index in [4.69, 9.17) is 14.2 Å². The third-order valence-electron chi connectivity index (χ3n) is 4.31. The molecule has 0 aliphatic carbocycles. The summed E-state index contributed by atoms with van der Waals surface area (Å²) in [7, 11) is 2.92. The summed E-state index contributed by atoms with van der Waals surface area (Å²) in [6, 6.07) is 18.5. The summed E-state index contributed by atoms with van der Waals surface area (Å²) < 4.78 is 29.1. The number of methoxy groups -OCH3 is 2. The first-order valence-electron chi connectivity index (χ1n) is 9.06. The van der Waals surface area contributed by atoms with Crippen molar-refractivity contribution >= 4 is 17.6 Å². The summed E-state index contributed by atoms with van der Waals surface area (Å²) >= 11 is 0. The lowest BCUT2D eigenvalue weighted by molar-refractivity contribution is -0.125. The van der Waals surface area contributed by atoms with Gasteiger partial charge >= 0.3 is 5.97 Å². The van der Waals surface area contributed by atoms with E-state index in [0.29, 0.717) is 17.0 Å². The van der Waals surface area contributed by atoms with E-state index in [1.165, 1.54) is 44.6 Å². The molecule has 3 rings (SSSR count). The maximum atomic E-state index is 13.1. The molecule has 0 bridgehead atoms. The number of nitrogens with one attached hydrogen (secondary N) is 1. The molecule has 154 valence electrons. The minimum atomic E-state index is -1.23. The molecule has 0 aliphatic heterocycles. The van der Waals surface area contributed by atoms with E-state index in [-0.39, 0.29) is 11.3 Å². The number of anilines is 1. The van der Waals surface area contributed by atoms with E-state index in [9.17, 15) is 14.0 Å². The zero-order valence-electron chi connectivity index (χ0n) is 16.4. The van der Waals surface area contributed by atoms with Gasteiger partial charge in [0.2, 0.25) is 6.10 Å². The van der Waals surface area contributed by atoms with E-state index in [1.807, 2.05) is 0 Å². The number of halogens is 1. The van der Waals surface area contributed by atoms with Gasteiger partial charge in [0.05, 0.1) is 14.2 Å². The molecule has 0 saturated heterocycles. The molecule has 0 fully saturated rings. The monoisotopic (exact) mass is 409 g/mol. The Balaban J connectivity index is 1.87. The molecular formula is C23H20FNO5. The fourth-order valence-electron chi connectivity index (χ4n) is 2.78. The second-order valence-electron chi connectivity index (χ2n) is 6.26. The minimum Gasteiger partial charge on any atom is -0.497 e. The molecule has 0 spiro atoms. The van der Waals surface area contributed by atoms with Gasteiger partial charge in [-0.05, 0) is 36.4 Å². The van der Waals surface area contributed by atoms with E-state index in [1.54, 1.807) is 42.5 Å². The van der Waals surface area contributed by atoms with Crippen molar-refractivity contribution in [2.75, 3.05) is 19.5 Å². The van der Waals surface area contributed by atoms with Gasteiger partial charge in [0.1, 0.15) is 22.9 Å². The molecule has 0 aromatic heterocycles. The van der Waals surface area contributed by atoms with Gasteiger partial charge in [-0.2, -0.15) is 0 Å². The summed E-state index contributed by atoms with van der Waals surface area (Å²) in [4.78, 5) is 25.7. The van der Waals surface area contributed by atoms with Gasteiger partial charge in [-0.1, -0.05) is 30.3 Å². The number of esters is 1. The van der Waals surface area contributed by atoms with Gasteiger partial charge in [0, 0.05) is 17.3 Å². The van der Waals surface area contributed by atoms with Crippen LogP contribution < -0.4 is 14.8 Å². The predicted octanol–water partition coefficient (Wildman–Crippen LogP) is 4.38. The Morgan fingerprint density at radius 2 is 1.60 bits per heavy atom. The number of amides is 1. The Labute approximate surface area is 173 Å². The quantitative estimate of drug-likeness (QED) is 0.586. The zero-order valence-corrected chi connectivity index (χ0v) is 16.4. The van der Waals surface area contributed by atoms with Gasteiger partial charge < -0.3 is 19.5 Å². The first-order valence-corrected chi connectivity index (χ1v) is 9.06.